The SMILES string of the molecule is Cc1cccc(Br)c1N1CC(C(=O)Nc2cccc(C(F)(F)F)c2)CC1=O. The molecule has 0 spiro atoms. The Balaban J connectivity index is 1.75. The molecule has 0 bridgehead atoms. The molecule has 1 aliphatic rings. The standard InChI is InChI=1S/C19H16BrF3N2O2/c1-11-4-2-7-15(20)17(11)25-10-12(8-16(25)26)18(27)24-14-6-3-5-13(9-14)19(21,22)23/h2-7,9,12H,8,10H2,1H3,(H,24,27). The van der Waals surface area contributed by atoms with Gasteiger partial charge in [-0.15, -0.1) is 0 Å². The predicted octanol–water partition coefficient (Wildman–Crippen LogP) is 4.77. The molecule has 8 heteroatoms. The number of para-hydroxylation sites is 1. The maximum absolute atomic E-state index is 12.8. The van der Waals surface area contributed by atoms with Gasteiger partial charge in [0.1, 0.15) is 0 Å². The smallest absolute Gasteiger partial charge is 0.326 e. The number of nitrogens with one attached hydrogen (secondary N) is 1. The number of hydrogen-bond donors (Lipinski definition) is 1. The molecule has 1 aliphatic heterocycles. The molecule has 0 saturated carbocycles. The zero-order valence-electron chi connectivity index (χ0n) is 14.3. The number of halogens is 4. The molecule has 0 aromatic heterocycles. The zero-order chi connectivity index (χ0) is 19.8. The molecular weight excluding hydrogens is 425 g/mol. The van der Waals surface area contributed by atoms with Crippen LogP contribution in [0.2, 0.25) is 0 Å². The Morgan fingerprint density at radius 2 is 1.93 bits per heavy atom. The number of anilines is 2. The van der Waals surface area contributed by atoms with E-state index in [1.54, 1.807) is 0 Å². The largest absolute Gasteiger partial charge is 0.416 e. The summed E-state index contributed by atoms with van der Waals surface area (Å²) in [5.74, 6) is -1.32. The summed E-state index contributed by atoms with van der Waals surface area (Å²) in [6.07, 6.45) is -4.48. The van der Waals surface area contributed by atoms with E-state index in [2.05, 4.69) is 21.2 Å². The van der Waals surface area contributed by atoms with Crippen molar-refractivity contribution in [2.75, 3.05) is 16.8 Å². The topological polar surface area (TPSA) is 49.4 Å². The van der Waals surface area contributed by atoms with Crippen LogP contribution in [0.15, 0.2) is 46.9 Å². The van der Waals surface area contributed by atoms with Crippen LogP contribution in [0.4, 0.5) is 24.5 Å². The van der Waals surface area contributed by atoms with Gasteiger partial charge in [-0.2, -0.15) is 13.2 Å². The van der Waals surface area contributed by atoms with Crippen molar-refractivity contribution in [2.24, 2.45) is 5.92 Å². The lowest BCUT2D eigenvalue weighted by Crippen LogP contribution is -2.29. The molecule has 3 rings (SSSR count). The molecule has 27 heavy (non-hydrogen) atoms. The molecule has 1 N–H and O–H groups in total. The summed E-state index contributed by atoms with van der Waals surface area (Å²) >= 11 is 3.42. The van der Waals surface area contributed by atoms with Crippen molar-refractivity contribution in [1.29, 1.82) is 0 Å². The van der Waals surface area contributed by atoms with E-state index in [9.17, 15) is 22.8 Å². The molecule has 2 aromatic carbocycles. The second-order valence-electron chi connectivity index (χ2n) is 6.38. The highest BCUT2D eigenvalue weighted by Crippen LogP contribution is 2.35. The van der Waals surface area contributed by atoms with Gasteiger partial charge in [-0.1, -0.05) is 18.2 Å². The minimum atomic E-state index is -4.49. The highest BCUT2D eigenvalue weighted by molar-refractivity contribution is 9.10. The predicted molar refractivity (Wildman–Crippen MR) is 99.4 cm³/mol. The second-order valence-corrected chi connectivity index (χ2v) is 7.23. The summed E-state index contributed by atoms with van der Waals surface area (Å²) in [6, 6.07) is 9.96. The molecule has 142 valence electrons. The summed E-state index contributed by atoms with van der Waals surface area (Å²) in [7, 11) is 0. The van der Waals surface area contributed by atoms with Crippen LogP contribution in [-0.2, 0) is 15.8 Å². The first-order valence-corrected chi connectivity index (χ1v) is 8.99. The van der Waals surface area contributed by atoms with Crippen LogP contribution in [0, 0.1) is 12.8 Å². The normalized spacial score (nSPS) is 17.3. The fraction of sp³-hybridized carbons (Fsp3) is 0.263. The van der Waals surface area contributed by atoms with Crippen LogP contribution in [0.3, 0.4) is 0 Å². The zero-order valence-corrected chi connectivity index (χ0v) is 15.9. The van der Waals surface area contributed by atoms with Crippen molar-refractivity contribution < 1.29 is 22.8 Å². The molecule has 4 nitrogen and oxygen atoms in total. The Hall–Kier alpha value is -2.35. The van der Waals surface area contributed by atoms with E-state index in [-0.39, 0.29) is 24.6 Å². The van der Waals surface area contributed by atoms with Crippen LogP contribution in [0.5, 0.6) is 0 Å². The maximum atomic E-state index is 12.8. The maximum Gasteiger partial charge on any atom is 0.416 e. The van der Waals surface area contributed by atoms with E-state index in [1.165, 1.54) is 17.0 Å². The summed E-state index contributed by atoms with van der Waals surface area (Å²) in [6.45, 7) is 2.04. The van der Waals surface area contributed by atoms with Gasteiger partial charge in [-0.25, -0.2) is 0 Å². The van der Waals surface area contributed by atoms with Gasteiger partial charge in [0.25, 0.3) is 0 Å². The Morgan fingerprint density at radius 3 is 2.59 bits per heavy atom. The van der Waals surface area contributed by atoms with E-state index < -0.39 is 23.6 Å². The third-order valence-electron chi connectivity index (χ3n) is 4.41. The van der Waals surface area contributed by atoms with E-state index >= 15 is 0 Å². The van der Waals surface area contributed by atoms with E-state index in [4.69, 9.17) is 0 Å². The van der Waals surface area contributed by atoms with Gasteiger partial charge < -0.3 is 10.2 Å². The molecule has 1 fully saturated rings. The molecule has 1 heterocycles. The van der Waals surface area contributed by atoms with Crippen LogP contribution < -0.4 is 10.2 Å². The van der Waals surface area contributed by atoms with Crippen molar-refractivity contribution in [1.82, 2.24) is 0 Å². The molecule has 1 unspecified atom stereocenters. The summed E-state index contributed by atoms with van der Waals surface area (Å²) in [5.41, 5.74) is 0.805. The third kappa shape index (κ3) is 4.16. The number of amides is 2. The quantitative estimate of drug-likeness (QED) is 0.747. The number of alkyl halides is 3. The van der Waals surface area contributed by atoms with E-state index in [1.807, 2.05) is 25.1 Å². The van der Waals surface area contributed by atoms with Gasteiger partial charge >= 0.3 is 6.18 Å². The van der Waals surface area contributed by atoms with Crippen LogP contribution in [0.25, 0.3) is 0 Å². The molecular formula is C19H16BrF3N2O2. The van der Waals surface area contributed by atoms with E-state index in [0.717, 1.165) is 22.2 Å². The van der Waals surface area contributed by atoms with Gasteiger partial charge in [0.15, 0.2) is 0 Å². The monoisotopic (exact) mass is 440 g/mol. The number of rotatable bonds is 3. The molecule has 1 saturated heterocycles. The van der Waals surface area contributed by atoms with Crippen molar-refractivity contribution in [2.45, 2.75) is 19.5 Å². The molecule has 1 atom stereocenters. The number of aryl methyl sites for hydroxylation is 1. The molecule has 2 amide bonds. The summed E-state index contributed by atoms with van der Waals surface area (Å²) in [4.78, 5) is 26.4. The number of nitrogens with zero attached hydrogens (tertiary/aromatic N) is 1. The fourth-order valence-corrected chi connectivity index (χ4v) is 3.76. The average molecular weight is 441 g/mol. The first-order valence-electron chi connectivity index (χ1n) is 8.20. The van der Waals surface area contributed by atoms with Crippen molar-refractivity contribution in [3.63, 3.8) is 0 Å². The Morgan fingerprint density at radius 1 is 1.22 bits per heavy atom. The molecule has 0 aliphatic carbocycles. The molecule has 2 aromatic rings. The van der Waals surface area contributed by atoms with E-state index in [0.29, 0.717) is 5.69 Å². The fourth-order valence-electron chi connectivity index (χ4n) is 3.08. The van der Waals surface area contributed by atoms with Crippen molar-refractivity contribution in [3.8, 4) is 0 Å². The lowest BCUT2D eigenvalue weighted by atomic mass is 10.1. The van der Waals surface area contributed by atoms with Gasteiger partial charge in [-0.3, -0.25) is 9.59 Å². The highest BCUT2D eigenvalue weighted by atomic mass is 79.9. The number of carbonyl (C=O) groups excluding carboxylic acids is 2. The van der Waals surface area contributed by atoms with Crippen LogP contribution in [-0.4, -0.2) is 18.4 Å². The minimum absolute atomic E-state index is 0.00552. The first-order chi connectivity index (χ1) is 12.7. The summed E-state index contributed by atoms with van der Waals surface area (Å²) < 4.78 is 39.2. The van der Waals surface area contributed by atoms with Crippen LogP contribution >= 0.6 is 15.9 Å². The van der Waals surface area contributed by atoms with Gasteiger partial charge in [0, 0.05) is 23.1 Å². The third-order valence-corrected chi connectivity index (χ3v) is 5.05. The van der Waals surface area contributed by atoms with Gasteiger partial charge in [0.2, 0.25) is 11.8 Å². The second kappa shape index (κ2) is 7.34. The number of benzene rings is 2. The van der Waals surface area contributed by atoms with Gasteiger partial charge in [0.05, 0.1) is 17.2 Å². The Kier molecular flexibility index (Phi) is 5.28. The Labute approximate surface area is 162 Å². The lowest BCUT2D eigenvalue weighted by molar-refractivity contribution is -0.137. The average Bonchev–Trinajstić information content (AvgIpc) is 2.96. The summed E-state index contributed by atoms with van der Waals surface area (Å²) in [5, 5.41) is 2.49. The first kappa shape index (κ1) is 19.4. The molecule has 0 radical (unpaired) electrons. The van der Waals surface area contributed by atoms with Crippen molar-refractivity contribution >= 4 is 39.1 Å². The highest BCUT2D eigenvalue weighted by Gasteiger charge is 2.37. The Bertz CT molecular complexity index is 879. The van der Waals surface area contributed by atoms with Gasteiger partial charge in [-0.05, 0) is 52.7 Å². The van der Waals surface area contributed by atoms with Crippen molar-refractivity contribution in [3.05, 3.63) is 58.1 Å². The number of carbonyl (C=O) groups is 2. The number of hydrogen-bond acceptors (Lipinski definition) is 2. The minimum Gasteiger partial charge on any atom is -0.326 e. The lowest BCUT2D eigenvalue weighted by Gasteiger charge is -2.20. The van der Waals surface area contributed by atoms with Crippen LogP contribution in [0.1, 0.15) is 17.5 Å².